The molecule has 0 aliphatic rings. The summed E-state index contributed by atoms with van der Waals surface area (Å²) in [7, 11) is 1.61. The number of alkyl halides is 1. The molecule has 0 radical (unpaired) electrons. The second-order valence-electron chi connectivity index (χ2n) is 4.44. The first-order valence-corrected chi connectivity index (χ1v) is 7.80. The molecule has 0 bridgehead atoms. The van der Waals surface area contributed by atoms with Gasteiger partial charge in [0.1, 0.15) is 12.4 Å². The number of methoxy groups -OCH3 is 1. The average molecular weight is 359 g/mol. The molecule has 0 aliphatic heterocycles. The van der Waals surface area contributed by atoms with Crippen LogP contribution in [0, 0.1) is 11.8 Å². The van der Waals surface area contributed by atoms with Crippen LogP contribution in [0.15, 0.2) is 48.5 Å². The van der Waals surface area contributed by atoms with Crippen LogP contribution < -0.4 is 4.74 Å². The normalized spacial score (nSPS) is 9.55. The van der Waals surface area contributed by atoms with Crippen molar-refractivity contribution in [3.63, 3.8) is 0 Å². The molecule has 0 aliphatic carbocycles. The Morgan fingerprint density at radius 1 is 1.18 bits per heavy atom. The summed E-state index contributed by atoms with van der Waals surface area (Å²) in [4.78, 5) is 12.1. The van der Waals surface area contributed by atoms with Gasteiger partial charge in [0.05, 0.1) is 18.0 Å². The highest BCUT2D eigenvalue weighted by atomic mass is 79.9. The molecule has 0 heterocycles. The van der Waals surface area contributed by atoms with E-state index in [1.807, 2.05) is 30.3 Å². The summed E-state index contributed by atoms with van der Waals surface area (Å²) in [5, 5.41) is 0.596. The summed E-state index contributed by atoms with van der Waals surface area (Å²) in [5.74, 6) is 6.27. The Bertz CT molecular complexity index is 696. The summed E-state index contributed by atoms with van der Waals surface area (Å²) in [5.41, 5.74) is 2.19. The standard InChI is InChI=1S/C18H15BrO3/c1-21-17-9-7-15(8-10-17)13-22-18(20)16-6-2-4-14(12-16)5-3-11-19/h2,4,6-10,12H,11,13H2,1H3. The van der Waals surface area contributed by atoms with Crippen molar-refractivity contribution in [2.45, 2.75) is 6.61 Å². The number of halogens is 1. The average Bonchev–Trinajstić information content (AvgIpc) is 2.58. The van der Waals surface area contributed by atoms with Gasteiger partial charge in [-0.15, -0.1) is 0 Å². The van der Waals surface area contributed by atoms with Crippen LogP contribution in [-0.4, -0.2) is 18.4 Å². The molecule has 3 nitrogen and oxygen atoms in total. The lowest BCUT2D eigenvalue weighted by Crippen LogP contribution is -2.05. The van der Waals surface area contributed by atoms with Gasteiger partial charge in [-0.05, 0) is 35.9 Å². The maximum absolute atomic E-state index is 12.1. The minimum atomic E-state index is -0.363. The van der Waals surface area contributed by atoms with Crippen LogP contribution in [0.4, 0.5) is 0 Å². The quantitative estimate of drug-likeness (QED) is 0.473. The Morgan fingerprint density at radius 3 is 2.64 bits per heavy atom. The smallest absolute Gasteiger partial charge is 0.338 e. The van der Waals surface area contributed by atoms with Crippen molar-refractivity contribution >= 4 is 21.9 Å². The molecule has 2 aromatic rings. The van der Waals surface area contributed by atoms with Gasteiger partial charge in [-0.25, -0.2) is 4.79 Å². The van der Waals surface area contributed by atoms with E-state index in [4.69, 9.17) is 9.47 Å². The Hall–Kier alpha value is -2.25. The van der Waals surface area contributed by atoms with E-state index >= 15 is 0 Å². The molecular weight excluding hydrogens is 344 g/mol. The lowest BCUT2D eigenvalue weighted by molar-refractivity contribution is 0.0472. The lowest BCUT2D eigenvalue weighted by Gasteiger charge is -2.06. The second kappa shape index (κ2) is 8.26. The zero-order valence-corrected chi connectivity index (χ0v) is 13.7. The molecule has 22 heavy (non-hydrogen) atoms. The topological polar surface area (TPSA) is 35.5 Å². The lowest BCUT2D eigenvalue weighted by atomic mass is 10.1. The van der Waals surface area contributed by atoms with Crippen molar-refractivity contribution in [3.8, 4) is 17.6 Å². The molecule has 112 valence electrons. The van der Waals surface area contributed by atoms with E-state index in [1.54, 1.807) is 25.3 Å². The van der Waals surface area contributed by atoms with Crippen molar-refractivity contribution in [2.75, 3.05) is 12.4 Å². The van der Waals surface area contributed by atoms with Crippen molar-refractivity contribution < 1.29 is 14.3 Å². The van der Waals surface area contributed by atoms with E-state index in [9.17, 15) is 4.79 Å². The molecule has 0 spiro atoms. The van der Waals surface area contributed by atoms with Crippen LogP contribution in [0.5, 0.6) is 5.75 Å². The zero-order chi connectivity index (χ0) is 15.8. The summed E-state index contributed by atoms with van der Waals surface area (Å²) >= 11 is 3.24. The highest BCUT2D eigenvalue weighted by molar-refractivity contribution is 9.09. The van der Waals surface area contributed by atoms with E-state index in [2.05, 4.69) is 27.8 Å². The molecule has 0 amide bonds. The minimum Gasteiger partial charge on any atom is -0.497 e. The van der Waals surface area contributed by atoms with Crippen molar-refractivity contribution in [3.05, 3.63) is 65.2 Å². The van der Waals surface area contributed by atoms with E-state index in [0.717, 1.165) is 16.9 Å². The third-order valence-corrected chi connectivity index (χ3v) is 3.21. The van der Waals surface area contributed by atoms with Gasteiger partial charge in [-0.1, -0.05) is 46.0 Å². The molecule has 0 saturated heterocycles. The van der Waals surface area contributed by atoms with Crippen LogP contribution in [0.1, 0.15) is 21.5 Å². The summed E-state index contributed by atoms with van der Waals surface area (Å²) in [6.07, 6.45) is 0. The van der Waals surface area contributed by atoms with Gasteiger partial charge in [-0.3, -0.25) is 0 Å². The Labute approximate surface area is 138 Å². The predicted octanol–water partition coefficient (Wildman–Crippen LogP) is 3.80. The first kappa shape index (κ1) is 16.1. The van der Waals surface area contributed by atoms with E-state index in [-0.39, 0.29) is 12.6 Å². The van der Waals surface area contributed by atoms with Crippen LogP contribution in [0.25, 0.3) is 0 Å². The van der Waals surface area contributed by atoms with Gasteiger partial charge >= 0.3 is 5.97 Å². The number of carbonyl (C=O) groups excluding carboxylic acids is 1. The molecule has 4 heteroatoms. The number of esters is 1. The van der Waals surface area contributed by atoms with Crippen LogP contribution >= 0.6 is 15.9 Å². The summed E-state index contributed by atoms with van der Waals surface area (Å²) < 4.78 is 10.4. The molecule has 0 unspecified atom stereocenters. The van der Waals surface area contributed by atoms with Crippen LogP contribution in [0.2, 0.25) is 0 Å². The van der Waals surface area contributed by atoms with Gasteiger partial charge in [0.15, 0.2) is 0 Å². The zero-order valence-electron chi connectivity index (χ0n) is 12.1. The molecule has 0 atom stereocenters. The summed E-state index contributed by atoms with van der Waals surface area (Å²) in [6.45, 7) is 0.222. The highest BCUT2D eigenvalue weighted by Crippen LogP contribution is 2.13. The van der Waals surface area contributed by atoms with Gasteiger partial charge in [0, 0.05) is 5.56 Å². The fraction of sp³-hybridized carbons (Fsp3) is 0.167. The Balaban J connectivity index is 1.99. The maximum atomic E-state index is 12.1. The minimum absolute atomic E-state index is 0.222. The fourth-order valence-electron chi connectivity index (χ4n) is 1.81. The SMILES string of the molecule is COc1ccc(COC(=O)c2cccc(C#CCBr)c2)cc1. The molecular formula is C18H15BrO3. The van der Waals surface area contributed by atoms with Gasteiger partial charge in [0.2, 0.25) is 0 Å². The van der Waals surface area contributed by atoms with Gasteiger partial charge in [0.25, 0.3) is 0 Å². The number of ether oxygens (including phenoxy) is 2. The highest BCUT2D eigenvalue weighted by Gasteiger charge is 2.07. The van der Waals surface area contributed by atoms with E-state index in [1.165, 1.54) is 0 Å². The molecule has 0 aromatic heterocycles. The van der Waals surface area contributed by atoms with E-state index in [0.29, 0.717) is 10.9 Å². The second-order valence-corrected chi connectivity index (χ2v) is 5.00. The first-order chi connectivity index (χ1) is 10.7. The van der Waals surface area contributed by atoms with Gasteiger partial charge < -0.3 is 9.47 Å². The fourth-order valence-corrected chi connectivity index (χ4v) is 1.95. The number of benzene rings is 2. The Kier molecular flexibility index (Phi) is 6.05. The van der Waals surface area contributed by atoms with Crippen molar-refractivity contribution in [2.24, 2.45) is 0 Å². The third kappa shape index (κ3) is 4.64. The predicted molar refractivity (Wildman–Crippen MR) is 89.2 cm³/mol. The number of carbonyl (C=O) groups is 1. The number of hydrogen-bond acceptors (Lipinski definition) is 3. The largest absolute Gasteiger partial charge is 0.497 e. The monoisotopic (exact) mass is 358 g/mol. The molecule has 0 fully saturated rings. The Morgan fingerprint density at radius 2 is 1.95 bits per heavy atom. The van der Waals surface area contributed by atoms with E-state index < -0.39 is 0 Å². The summed E-state index contributed by atoms with van der Waals surface area (Å²) in [6, 6.07) is 14.5. The molecule has 2 aromatic carbocycles. The maximum Gasteiger partial charge on any atom is 0.338 e. The van der Waals surface area contributed by atoms with Crippen LogP contribution in [-0.2, 0) is 11.3 Å². The van der Waals surface area contributed by atoms with Crippen molar-refractivity contribution in [1.29, 1.82) is 0 Å². The molecule has 0 saturated carbocycles. The number of hydrogen-bond donors (Lipinski definition) is 0. The molecule has 0 N–H and O–H groups in total. The van der Waals surface area contributed by atoms with Crippen molar-refractivity contribution in [1.82, 2.24) is 0 Å². The first-order valence-electron chi connectivity index (χ1n) is 6.68. The van der Waals surface area contributed by atoms with Crippen LogP contribution in [0.3, 0.4) is 0 Å². The molecule has 2 rings (SSSR count). The van der Waals surface area contributed by atoms with Gasteiger partial charge in [-0.2, -0.15) is 0 Å². The third-order valence-electron chi connectivity index (χ3n) is 2.93. The number of rotatable bonds is 4.